The highest BCUT2D eigenvalue weighted by atomic mass is 32.2. The van der Waals surface area contributed by atoms with Gasteiger partial charge in [-0.25, -0.2) is 13.1 Å². The van der Waals surface area contributed by atoms with Gasteiger partial charge in [0.25, 0.3) is 0 Å². The molecule has 2 N–H and O–H groups in total. The lowest BCUT2D eigenvalue weighted by molar-refractivity contribution is -0.146. The Kier molecular flexibility index (Phi) is 7.66. The third kappa shape index (κ3) is 5.96. The van der Waals surface area contributed by atoms with Crippen LogP contribution in [0.25, 0.3) is 10.9 Å². The Balaban J connectivity index is 1.43. The Morgan fingerprint density at radius 3 is 2.54 bits per heavy atom. The van der Waals surface area contributed by atoms with Gasteiger partial charge in [0.1, 0.15) is 18.4 Å². The van der Waals surface area contributed by atoms with E-state index in [1.807, 2.05) is 37.3 Å². The first-order valence-corrected chi connectivity index (χ1v) is 12.9. The van der Waals surface area contributed by atoms with E-state index in [-0.39, 0.29) is 4.90 Å². The summed E-state index contributed by atoms with van der Waals surface area (Å²) in [6, 6.07) is 14.0. The molecule has 0 spiro atoms. The lowest BCUT2D eigenvalue weighted by atomic mass is 10.1. The van der Waals surface area contributed by atoms with E-state index < -0.39 is 28.1 Å². The molecule has 10 heteroatoms. The van der Waals surface area contributed by atoms with Crippen molar-refractivity contribution >= 4 is 26.9 Å². The molecule has 186 valence electrons. The smallest absolute Gasteiger partial charge is 0.322 e. The van der Waals surface area contributed by atoms with E-state index in [0.29, 0.717) is 38.7 Å². The standard InChI is InChI=1S/C25H29N3O6S/c1-17-15-19(22-5-3-4-6-23(22)26-17)16-34-20-7-9-21(10-8-20)35(31,32)27-18(2)24(25(29)30)28-11-13-33-14-12-28/h3-10,15,18,24,27H,11-14,16H2,1-2H3,(H,29,30). The second-order valence-electron chi connectivity index (χ2n) is 8.54. The largest absolute Gasteiger partial charge is 0.489 e. The number of hydrogen-bond donors (Lipinski definition) is 2. The summed E-state index contributed by atoms with van der Waals surface area (Å²) in [5.74, 6) is -0.558. The van der Waals surface area contributed by atoms with E-state index in [9.17, 15) is 18.3 Å². The van der Waals surface area contributed by atoms with Gasteiger partial charge in [0, 0.05) is 35.8 Å². The molecular weight excluding hydrogens is 470 g/mol. The molecule has 0 saturated carbocycles. The van der Waals surface area contributed by atoms with Gasteiger partial charge in [0.05, 0.1) is 23.6 Å². The van der Waals surface area contributed by atoms with E-state index in [4.69, 9.17) is 9.47 Å². The Hall–Kier alpha value is -3.05. The summed E-state index contributed by atoms with van der Waals surface area (Å²) < 4.78 is 39.6. The molecule has 0 aliphatic carbocycles. The van der Waals surface area contributed by atoms with Crippen molar-refractivity contribution in [2.75, 3.05) is 26.3 Å². The number of benzene rings is 2. The highest BCUT2D eigenvalue weighted by Gasteiger charge is 2.34. The maximum atomic E-state index is 12.9. The summed E-state index contributed by atoms with van der Waals surface area (Å²) in [6.07, 6.45) is 0. The highest BCUT2D eigenvalue weighted by Crippen LogP contribution is 2.22. The Morgan fingerprint density at radius 1 is 1.17 bits per heavy atom. The topological polar surface area (TPSA) is 118 Å². The number of aryl methyl sites for hydroxylation is 1. The molecule has 35 heavy (non-hydrogen) atoms. The lowest BCUT2D eigenvalue weighted by Crippen LogP contribution is -2.57. The number of hydrogen-bond acceptors (Lipinski definition) is 7. The minimum atomic E-state index is -3.93. The summed E-state index contributed by atoms with van der Waals surface area (Å²) in [5.41, 5.74) is 2.77. The van der Waals surface area contributed by atoms with E-state index in [0.717, 1.165) is 22.2 Å². The molecule has 0 amide bonds. The molecule has 1 aliphatic heterocycles. The number of sulfonamides is 1. The summed E-state index contributed by atoms with van der Waals surface area (Å²) in [6.45, 7) is 5.49. The van der Waals surface area contributed by atoms with Crippen molar-refractivity contribution in [1.29, 1.82) is 0 Å². The normalized spacial score (nSPS) is 16.6. The molecule has 0 bridgehead atoms. The maximum absolute atomic E-state index is 12.9. The van der Waals surface area contributed by atoms with Gasteiger partial charge < -0.3 is 14.6 Å². The molecule has 9 nitrogen and oxygen atoms in total. The molecule has 4 rings (SSSR count). The van der Waals surface area contributed by atoms with Crippen molar-refractivity contribution in [2.24, 2.45) is 0 Å². The molecule has 1 aliphatic rings. The number of carboxylic acids is 1. The van der Waals surface area contributed by atoms with Crippen LogP contribution in [0, 0.1) is 6.92 Å². The van der Waals surface area contributed by atoms with Crippen LogP contribution in [0.15, 0.2) is 59.5 Å². The Bertz CT molecular complexity index is 1290. The van der Waals surface area contributed by atoms with Gasteiger partial charge in [0.15, 0.2) is 0 Å². The zero-order chi connectivity index (χ0) is 25.0. The molecule has 2 atom stereocenters. The number of rotatable bonds is 9. The number of carboxylic acid groups (broad SMARTS) is 1. The van der Waals surface area contributed by atoms with Gasteiger partial charge >= 0.3 is 5.97 Å². The fraction of sp³-hybridized carbons (Fsp3) is 0.360. The first kappa shape index (κ1) is 25.1. The van der Waals surface area contributed by atoms with Crippen molar-refractivity contribution in [1.82, 2.24) is 14.6 Å². The average Bonchev–Trinajstić information content (AvgIpc) is 2.83. The van der Waals surface area contributed by atoms with Crippen LogP contribution in [-0.4, -0.2) is 67.8 Å². The zero-order valence-electron chi connectivity index (χ0n) is 19.7. The summed E-state index contributed by atoms with van der Waals surface area (Å²) in [4.78, 5) is 18.2. The van der Waals surface area contributed by atoms with Gasteiger partial charge in [-0.05, 0) is 50.2 Å². The summed E-state index contributed by atoms with van der Waals surface area (Å²) in [7, 11) is -3.93. The number of nitrogens with one attached hydrogen (secondary N) is 1. The number of fused-ring (bicyclic) bond motifs is 1. The molecule has 2 unspecified atom stereocenters. The molecule has 2 aromatic carbocycles. The molecular formula is C25H29N3O6S. The number of pyridine rings is 1. The van der Waals surface area contributed by atoms with Gasteiger partial charge in [-0.2, -0.15) is 0 Å². The average molecular weight is 500 g/mol. The third-order valence-electron chi connectivity index (χ3n) is 5.97. The molecule has 1 fully saturated rings. The van der Waals surface area contributed by atoms with Crippen LogP contribution in [-0.2, 0) is 26.2 Å². The Labute approximate surface area is 204 Å². The zero-order valence-corrected chi connectivity index (χ0v) is 20.5. The molecule has 1 aromatic heterocycles. The van der Waals surface area contributed by atoms with E-state index in [2.05, 4.69) is 9.71 Å². The fourth-order valence-electron chi connectivity index (χ4n) is 4.31. The van der Waals surface area contributed by atoms with Crippen molar-refractivity contribution in [3.63, 3.8) is 0 Å². The van der Waals surface area contributed by atoms with Crippen LogP contribution in [0.3, 0.4) is 0 Å². The number of aromatic nitrogens is 1. The first-order valence-electron chi connectivity index (χ1n) is 11.4. The monoisotopic (exact) mass is 499 g/mol. The van der Waals surface area contributed by atoms with Crippen LogP contribution in [0.4, 0.5) is 0 Å². The van der Waals surface area contributed by atoms with E-state index in [1.165, 1.54) is 12.1 Å². The van der Waals surface area contributed by atoms with Crippen LogP contribution in [0.2, 0.25) is 0 Å². The van der Waals surface area contributed by atoms with Crippen molar-refractivity contribution in [3.8, 4) is 5.75 Å². The number of aliphatic carboxylic acids is 1. The van der Waals surface area contributed by atoms with E-state index >= 15 is 0 Å². The molecule has 0 radical (unpaired) electrons. The predicted octanol–water partition coefficient (Wildman–Crippen LogP) is 2.57. The van der Waals surface area contributed by atoms with Gasteiger partial charge in [-0.15, -0.1) is 0 Å². The highest BCUT2D eigenvalue weighted by molar-refractivity contribution is 7.89. The number of ether oxygens (including phenoxy) is 2. The number of para-hydroxylation sites is 1. The van der Waals surface area contributed by atoms with E-state index in [1.54, 1.807) is 24.0 Å². The molecule has 1 saturated heterocycles. The maximum Gasteiger partial charge on any atom is 0.322 e. The first-order chi connectivity index (χ1) is 16.7. The van der Waals surface area contributed by atoms with Crippen LogP contribution < -0.4 is 9.46 Å². The number of nitrogens with zero attached hydrogens (tertiary/aromatic N) is 2. The lowest BCUT2D eigenvalue weighted by Gasteiger charge is -2.35. The minimum absolute atomic E-state index is 0.0352. The van der Waals surface area contributed by atoms with Gasteiger partial charge in [-0.1, -0.05) is 18.2 Å². The van der Waals surface area contributed by atoms with Crippen LogP contribution in [0.5, 0.6) is 5.75 Å². The third-order valence-corrected chi connectivity index (χ3v) is 7.54. The second kappa shape index (κ2) is 10.7. The van der Waals surface area contributed by atoms with Crippen LogP contribution >= 0.6 is 0 Å². The van der Waals surface area contributed by atoms with Crippen LogP contribution in [0.1, 0.15) is 18.2 Å². The van der Waals surface area contributed by atoms with Crippen molar-refractivity contribution in [3.05, 3.63) is 65.9 Å². The fourth-order valence-corrected chi connectivity index (χ4v) is 5.56. The molecule has 2 heterocycles. The predicted molar refractivity (Wildman–Crippen MR) is 131 cm³/mol. The second-order valence-corrected chi connectivity index (χ2v) is 10.3. The SMILES string of the molecule is Cc1cc(COc2ccc(S(=O)(=O)NC(C)C(C(=O)O)N3CCOCC3)cc2)c2ccccc2n1. The van der Waals surface area contributed by atoms with Crippen molar-refractivity contribution in [2.45, 2.75) is 37.4 Å². The molecule has 3 aromatic rings. The summed E-state index contributed by atoms with van der Waals surface area (Å²) >= 11 is 0. The Morgan fingerprint density at radius 2 is 1.86 bits per heavy atom. The quantitative estimate of drug-likeness (QED) is 0.461. The van der Waals surface area contributed by atoms with Gasteiger partial charge in [-0.3, -0.25) is 14.7 Å². The minimum Gasteiger partial charge on any atom is -0.489 e. The number of morpholine rings is 1. The number of carbonyl (C=O) groups is 1. The van der Waals surface area contributed by atoms with Gasteiger partial charge in [0.2, 0.25) is 10.0 Å². The summed E-state index contributed by atoms with van der Waals surface area (Å²) in [5, 5.41) is 10.7. The van der Waals surface area contributed by atoms with Crippen molar-refractivity contribution < 1.29 is 27.8 Å².